The van der Waals surface area contributed by atoms with Gasteiger partial charge < -0.3 is 10.4 Å². The number of nitrogens with one attached hydrogen (secondary N) is 1. The van der Waals surface area contributed by atoms with Gasteiger partial charge in [0.15, 0.2) is 5.82 Å². The Morgan fingerprint density at radius 1 is 1.29 bits per heavy atom. The summed E-state index contributed by atoms with van der Waals surface area (Å²) in [6, 6.07) is 5.05. The van der Waals surface area contributed by atoms with Crippen molar-refractivity contribution in [2.24, 2.45) is 0 Å². The molecule has 0 aliphatic carbocycles. The van der Waals surface area contributed by atoms with Gasteiger partial charge in [-0.25, -0.2) is 9.78 Å². The summed E-state index contributed by atoms with van der Waals surface area (Å²) in [4.78, 5) is 30.5. The van der Waals surface area contributed by atoms with Crippen molar-refractivity contribution >= 4 is 23.8 Å². The predicted molar refractivity (Wildman–Crippen MR) is 77.8 cm³/mol. The number of hydrogen-bond donors (Lipinski definition) is 2. The maximum Gasteiger partial charge on any atom is 0.328 e. The summed E-state index contributed by atoms with van der Waals surface area (Å²) in [6.07, 6.45) is 6.92. The van der Waals surface area contributed by atoms with E-state index in [9.17, 15) is 9.59 Å². The Bertz CT molecular complexity index is 697. The van der Waals surface area contributed by atoms with Crippen LogP contribution in [0.5, 0.6) is 0 Å². The molecule has 1 aromatic carbocycles. The molecule has 6 nitrogen and oxygen atoms in total. The lowest BCUT2D eigenvalue weighted by Gasteiger charge is -2.06. The van der Waals surface area contributed by atoms with Gasteiger partial charge in [0.05, 0.1) is 6.20 Å². The molecule has 0 saturated carbocycles. The number of carboxylic acid groups (broad SMARTS) is 1. The van der Waals surface area contributed by atoms with Gasteiger partial charge in [-0.15, -0.1) is 0 Å². The Labute approximate surface area is 121 Å². The quantitative estimate of drug-likeness (QED) is 0.839. The highest BCUT2D eigenvalue weighted by Gasteiger charge is 2.08. The number of rotatable bonds is 4. The number of nitrogens with zero attached hydrogens (tertiary/aromatic N) is 2. The predicted octanol–water partition coefficient (Wildman–Crippen LogP) is 2.14. The molecule has 0 aliphatic rings. The first-order chi connectivity index (χ1) is 10.1. The third-order valence-electron chi connectivity index (χ3n) is 2.75. The maximum atomic E-state index is 12.1. The van der Waals surface area contributed by atoms with Crippen molar-refractivity contribution in [2.45, 2.75) is 6.92 Å². The van der Waals surface area contributed by atoms with E-state index in [4.69, 9.17) is 5.11 Å². The maximum absolute atomic E-state index is 12.1. The lowest BCUT2D eigenvalue weighted by atomic mass is 10.0. The number of benzene rings is 1. The number of anilines is 1. The number of aliphatic carboxylic acids is 1. The van der Waals surface area contributed by atoms with E-state index in [0.29, 0.717) is 16.9 Å². The molecule has 6 heteroatoms. The Hall–Kier alpha value is -3.02. The van der Waals surface area contributed by atoms with Crippen molar-refractivity contribution in [1.29, 1.82) is 0 Å². The standard InChI is InChI=1S/C15H13N3O3/c1-10-2-3-12(8-11(10)4-5-14(19)20)15(21)18-13-9-16-6-7-17-13/h2-9H,1H3,(H,19,20)(H,17,18,21)/b5-4+. The lowest BCUT2D eigenvalue weighted by molar-refractivity contribution is -0.131. The fourth-order valence-corrected chi connectivity index (χ4v) is 1.67. The minimum atomic E-state index is -1.04. The van der Waals surface area contributed by atoms with Gasteiger partial charge in [0.1, 0.15) is 0 Å². The first-order valence-corrected chi connectivity index (χ1v) is 6.15. The van der Waals surface area contributed by atoms with Gasteiger partial charge in [0.2, 0.25) is 0 Å². The number of amides is 1. The summed E-state index contributed by atoms with van der Waals surface area (Å²) in [5.41, 5.74) is 1.96. The van der Waals surface area contributed by atoms with E-state index in [1.807, 2.05) is 6.92 Å². The van der Waals surface area contributed by atoms with Gasteiger partial charge in [-0.1, -0.05) is 6.07 Å². The highest BCUT2D eigenvalue weighted by atomic mass is 16.4. The zero-order valence-corrected chi connectivity index (χ0v) is 11.3. The Kier molecular flexibility index (Phi) is 4.40. The number of carbonyl (C=O) groups excluding carboxylic acids is 1. The summed E-state index contributed by atoms with van der Waals surface area (Å²) in [5, 5.41) is 11.3. The van der Waals surface area contributed by atoms with Crippen LogP contribution < -0.4 is 5.32 Å². The second-order valence-electron chi connectivity index (χ2n) is 4.29. The average Bonchev–Trinajstić information content (AvgIpc) is 2.47. The molecule has 0 fully saturated rings. The van der Waals surface area contributed by atoms with E-state index < -0.39 is 5.97 Å². The highest BCUT2D eigenvalue weighted by molar-refractivity contribution is 6.04. The second kappa shape index (κ2) is 6.42. The molecule has 1 heterocycles. The van der Waals surface area contributed by atoms with Gasteiger partial charge in [0.25, 0.3) is 5.91 Å². The zero-order valence-electron chi connectivity index (χ0n) is 11.3. The summed E-state index contributed by atoms with van der Waals surface area (Å²) in [6.45, 7) is 1.84. The van der Waals surface area contributed by atoms with Crippen molar-refractivity contribution in [3.05, 3.63) is 59.6 Å². The monoisotopic (exact) mass is 283 g/mol. The SMILES string of the molecule is Cc1ccc(C(=O)Nc2cnccn2)cc1/C=C/C(=O)O. The van der Waals surface area contributed by atoms with E-state index in [0.717, 1.165) is 11.6 Å². The van der Waals surface area contributed by atoms with Gasteiger partial charge in [-0.2, -0.15) is 0 Å². The molecule has 1 aromatic heterocycles. The molecular weight excluding hydrogens is 270 g/mol. The van der Waals surface area contributed by atoms with Gasteiger partial charge >= 0.3 is 5.97 Å². The summed E-state index contributed by atoms with van der Waals surface area (Å²) < 4.78 is 0. The molecule has 0 saturated heterocycles. The van der Waals surface area contributed by atoms with E-state index in [-0.39, 0.29) is 5.91 Å². The number of aryl methyl sites for hydroxylation is 1. The van der Waals surface area contributed by atoms with Gasteiger partial charge in [-0.3, -0.25) is 9.78 Å². The van der Waals surface area contributed by atoms with Crippen LogP contribution in [-0.2, 0) is 4.79 Å². The number of carbonyl (C=O) groups is 2. The van der Waals surface area contributed by atoms with Gasteiger partial charge in [0, 0.05) is 24.0 Å². The van der Waals surface area contributed by atoms with Crippen LogP contribution in [0.1, 0.15) is 21.5 Å². The largest absolute Gasteiger partial charge is 0.478 e. The van der Waals surface area contributed by atoms with Crippen LogP contribution in [0.2, 0.25) is 0 Å². The second-order valence-corrected chi connectivity index (χ2v) is 4.29. The van der Waals surface area contributed by atoms with Crippen molar-refractivity contribution in [1.82, 2.24) is 9.97 Å². The zero-order chi connectivity index (χ0) is 15.2. The number of hydrogen-bond acceptors (Lipinski definition) is 4. The molecule has 2 aromatic rings. The van der Waals surface area contributed by atoms with Crippen LogP contribution in [0.15, 0.2) is 42.9 Å². The van der Waals surface area contributed by atoms with E-state index >= 15 is 0 Å². The van der Waals surface area contributed by atoms with E-state index in [1.54, 1.807) is 18.2 Å². The smallest absolute Gasteiger partial charge is 0.328 e. The molecule has 0 spiro atoms. The van der Waals surface area contributed by atoms with Crippen LogP contribution in [0.3, 0.4) is 0 Å². The molecule has 0 bridgehead atoms. The van der Waals surface area contributed by atoms with Crippen LogP contribution in [-0.4, -0.2) is 27.0 Å². The third-order valence-corrected chi connectivity index (χ3v) is 2.75. The molecule has 106 valence electrons. The van der Waals surface area contributed by atoms with Crippen LogP contribution in [0.25, 0.3) is 6.08 Å². The molecule has 2 N–H and O–H groups in total. The van der Waals surface area contributed by atoms with E-state index in [1.165, 1.54) is 24.7 Å². The first-order valence-electron chi connectivity index (χ1n) is 6.15. The average molecular weight is 283 g/mol. The molecule has 0 unspecified atom stereocenters. The number of aromatic nitrogens is 2. The number of carboxylic acids is 1. The third kappa shape index (κ3) is 3.97. The summed E-state index contributed by atoms with van der Waals surface area (Å²) >= 11 is 0. The summed E-state index contributed by atoms with van der Waals surface area (Å²) in [7, 11) is 0. The highest BCUT2D eigenvalue weighted by Crippen LogP contribution is 2.14. The Morgan fingerprint density at radius 3 is 2.76 bits per heavy atom. The topological polar surface area (TPSA) is 92.2 Å². The normalized spacial score (nSPS) is 10.5. The lowest BCUT2D eigenvalue weighted by Crippen LogP contribution is -2.13. The first kappa shape index (κ1) is 14.4. The Morgan fingerprint density at radius 2 is 2.10 bits per heavy atom. The van der Waals surface area contributed by atoms with Crippen LogP contribution >= 0.6 is 0 Å². The molecule has 21 heavy (non-hydrogen) atoms. The molecule has 0 radical (unpaired) electrons. The molecular formula is C15H13N3O3. The van der Waals surface area contributed by atoms with Crippen molar-refractivity contribution in [2.75, 3.05) is 5.32 Å². The molecule has 0 atom stereocenters. The van der Waals surface area contributed by atoms with Crippen molar-refractivity contribution in [3.8, 4) is 0 Å². The Balaban J connectivity index is 2.22. The van der Waals surface area contributed by atoms with Crippen molar-refractivity contribution < 1.29 is 14.7 Å². The van der Waals surface area contributed by atoms with Gasteiger partial charge in [-0.05, 0) is 36.3 Å². The molecule has 0 aliphatic heterocycles. The minimum absolute atomic E-state index is 0.333. The summed E-state index contributed by atoms with van der Waals surface area (Å²) in [5.74, 6) is -1.02. The molecule has 1 amide bonds. The van der Waals surface area contributed by atoms with E-state index in [2.05, 4.69) is 15.3 Å². The fraction of sp³-hybridized carbons (Fsp3) is 0.0667. The van der Waals surface area contributed by atoms with Crippen LogP contribution in [0, 0.1) is 6.92 Å². The van der Waals surface area contributed by atoms with Crippen LogP contribution in [0.4, 0.5) is 5.82 Å². The molecule has 2 rings (SSSR count). The fourth-order valence-electron chi connectivity index (χ4n) is 1.67. The van der Waals surface area contributed by atoms with Crippen molar-refractivity contribution in [3.63, 3.8) is 0 Å². The minimum Gasteiger partial charge on any atom is -0.478 e.